The minimum absolute atomic E-state index is 0.147. The zero-order valence-corrected chi connectivity index (χ0v) is 35.8. The van der Waals surface area contributed by atoms with E-state index in [0.717, 1.165) is 0 Å². The summed E-state index contributed by atoms with van der Waals surface area (Å²) in [7, 11) is 0. The summed E-state index contributed by atoms with van der Waals surface area (Å²) in [4.78, 5) is 69.9. The van der Waals surface area contributed by atoms with Crippen LogP contribution in [0, 0.1) is 0 Å². The van der Waals surface area contributed by atoms with Gasteiger partial charge < -0.3 is 51.4 Å². The summed E-state index contributed by atoms with van der Waals surface area (Å²) in [6.45, 7) is 9.77. The Balaban J connectivity index is 1.94. The van der Waals surface area contributed by atoms with Gasteiger partial charge in [-0.3, -0.25) is 19.2 Å². The van der Waals surface area contributed by atoms with E-state index < -0.39 is 109 Å². The number of hydrogen-bond acceptors (Lipinski definition) is 14. The Morgan fingerprint density at radius 3 is 1.67 bits per heavy atom. The van der Waals surface area contributed by atoms with Crippen LogP contribution >= 0.6 is 0 Å². The number of Topliss-reactive ketones (excluding diaryl/α,β-unsaturated/α-hetero) is 1. The summed E-state index contributed by atoms with van der Waals surface area (Å²) in [6.07, 6.45) is -8.65. The molecule has 0 saturated heterocycles. The second kappa shape index (κ2) is 22.7. The van der Waals surface area contributed by atoms with Crippen molar-refractivity contribution in [3.63, 3.8) is 0 Å². The lowest BCUT2D eigenvalue weighted by Crippen LogP contribution is -2.63. The number of aliphatic hydroxyl groups excluding tert-OH is 4. The SMILES string of the molecule is CCC[C@H](N)C(=O)N(C(=O)OC(C)(C)C)[C@@H](COC(C)(C)C)C(=O)N[C@@H](CO)[C@@H](O)[C@@H](O)[C@H](O)C(=O)C(c1ccccc1)[C@H](N)C(=O)OC(c1ccccc1)c1ccccc1. The Labute approximate surface area is 357 Å². The first-order valence-corrected chi connectivity index (χ1v) is 20.2. The fraction of sp³-hybridized carbons (Fsp3) is 0.489. The molecule has 16 nitrogen and oxygen atoms in total. The Hall–Kier alpha value is -5.07. The van der Waals surface area contributed by atoms with Crippen LogP contribution in [0.25, 0.3) is 0 Å². The molecular formula is C45H62N4O12. The molecule has 1 unspecified atom stereocenters. The van der Waals surface area contributed by atoms with Crippen molar-refractivity contribution >= 4 is 29.7 Å². The maximum absolute atomic E-state index is 14.2. The molecule has 0 radical (unpaired) electrons. The number of imide groups is 1. The van der Waals surface area contributed by atoms with Crippen LogP contribution in [0.3, 0.4) is 0 Å². The second-order valence-electron chi connectivity index (χ2n) is 16.7. The van der Waals surface area contributed by atoms with Gasteiger partial charge in [-0.05, 0) is 64.7 Å². The van der Waals surface area contributed by atoms with E-state index in [1.54, 1.807) is 127 Å². The van der Waals surface area contributed by atoms with Crippen LogP contribution in [0.2, 0.25) is 0 Å². The van der Waals surface area contributed by atoms with Gasteiger partial charge in [0.05, 0.1) is 36.8 Å². The first-order chi connectivity index (χ1) is 28.6. The highest BCUT2D eigenvalue weighted by atomic mass is 16.6. The van der Waals surface area contributed by atoms with E-state index in [9.17, 15) is 44.4 Å². The molecule has 0 aliphatic rings. The highest BCUT2D eigenvalue weighted by Gasteiger charge is 2.45. The number of amides is 3. The number of ketones is 1. The number of nitrogens with zero attached hydrogens (tertiary/aromatic N) is 1. The number of nitrogens with one attached hydrogen (secondary N) is 1. The number of hydrogen-bond donors (Lipinski definition) is 7. The normalized spacial score (nSPS) is 15.9. The van der Waals surface area contributed by atoms with Gasteiger partial charge >= 0.3 is 12.1 Å². The van der Waals surface area contributed by atoms with Gasteiger partial charge in [0.15, 0.2) is 11.9 Å². The van der Waals surface area contributed by atoms with Crippen molar-refractivity contribution in [3.05, 3.63) is 108 Å². The topological polar surface area (TPSA) is 261 Å². The Morgan fingerprint density at radius 2 is 1.23 bits per heavy atom. The fourth-order valence-corrected chi connectivity index (χ4v) is 6.31. The van der Waals surface area contributed by atoms with Crippen LogP contribution in [0.4, 0.5) is 4.79 Å². The van der Waals surface area contributed by atoms with Gasteiger partial charge in [-0.25, -0.2) is 9.69 Å². The van der Waals surface area contributed by atoms with Crippen molar-refractivity contribution in [1.82, 2.24) is 10.2 Å². The summed E-state index contributed by atoms with van der Waals surface area (Å²) in [6, 6.07) is 18.8. The number of rotatable bonds is 20. The van der Waals surface area contributed by atoms with Gasteiger partial charge in [-0.1, -0.05) is 104 Å². The van der Waals surface area contributed by atoms with E-state index in [4.69, 9.17) is 25.7 Å². The molecule has 334 valence electrons. The van der Waals surface area contributed by atoms with Gasteiger partial charge in [0.2, 0.25) is 11.8 Å². The Morgan fingerprint density at radius 1 is 0.738 bits per heavy atom. The van der Waals surface area contributed by atoms with E-state index in [1.165, 1.54) is 12.1 Å². The zero-order chi connectivity index (χ0) is 45.7. The standard InChI is InChI=1S/C45H62N4O12/c1-8-18-30(46)41(56)49(43(58)61-45(5,6)7)32(26-59-44(2,3)4)40(55)48-31(25-50)35(51)37(53)38(54)36(52)33(27-19-12-9-13-20-27)34(47)42(57)60-39(28-21-14-10-15-22-28)29-23-16-11-17-24-29/h9-17,19-24,30-35,37-39,50-51,53-54H,8,18,25-26,46-47H2,1-7H3,(H,48,55)/t30-,31-,32-,33?,34-,35+,37+,38+/m0/s1. The molecule has 3 amide bonds. The highest BCUT2D eigenvalue weighted by molar-refractivity contribution is 6.00. The van der Waals surface area contributed by atoms with Crippen LogP contribution in [-0.2, 0) is 33.4 Å². The van der Waals surface area contributed by atoms with Crippen molar-refractivity contribution in [2.45, 2.75) is 127 Å². The zero-order valence-electron chi connectivity index (χ0n) is 35.8. The third kappa shape index (κ3) is 14.5. The first-order valence-electron chi connectivity index (χ1n) is 20.2. The molecule has 0 heterocycles. The molecule has 0 bridgehead atoms. The summed E-state index contributed by atoms with van der Waals surface area (Å²) < 4.78 is 17.2. The predicted molar refractivity (Wildman–Crippen MR) is 225 cm³/mol. The van der Waals surface area contributed by atoms with Crippen LogP contribution in [0.15, 0.2) is 91.0 Å². The molecule has 0 aromatic heterocycles. The van der Waals surface area contributed by atoms with E-state index in [-0.39, 0.29) is 12.0 Å². The maximum atomic E-state index is 14.2. The van der Waals surface area contributed by atoms with Crippen molar-refractivity contribution < 1.29 is 58.6 Å². The van der Waals surface area contributed by atoms with E-state index in [0.29, 0.717) is 22.4 Å². The summed E-state index contributed by atoms with van der Waals surface area (Å²) in [5.41, 5.74) is 12.0. The highest BCUT2D eigenvalue weighted by Crippen LogP contribution is 2.30. The molecule has 9 N–H and O–H groups in total. The van der Waals surface area contributed by atoms with E-state index >= 15 is 0 Å². The van der Waals surface area contributed by atoms with Gasteiger partial charge in [-0.2, -0.15) is 0 Å². The van der Waals surface area contributed by atoms with Gasteiger partial charge in [0.25, 0.3) is 0 Å². The van der Waals surface area contributed by atoms with Gasteiger partial charge in [0.1, 0.15) is 36.0 Å². The number of aliphatic hydroxyl groups is 4. The Kier molecular flexibility index (Phi) is 18.7. The maximum Gasteiger partial charge on any atom is 0.417 e. The molecule has 3 rings (SSSR count). The number of carbonyl (C=O) groups is 5. The van der Waals surface area contributed by atoms with Crippen LogP contribution in [0.1, 0.15) is 90.0 Å². The Bertz CT molecular complexity index is 1830. The minimum atomic E-state index is -2.45. The molecule has 0 fully saturated rings. The average molecular weight is 851 g/mol. The second-order valence-corrected chi connectivity index (χ2v) is 16.7. The molecule has 0 aliphatic carbocycles. The third-order valence-electron chi connectivity index (χ3n) is 9.47. The summed E-state index contributed by atoms with van der Waals surface area (Å²) >= 11 is 0. The molecular weight excluding hydrogens is 789 g/mol. The molecule has 16 heteroatoms. The van der Waals surface area contributed by atoms with Gasteiger partial charge in [0, 0.05) is 0 Å². The monoisotopic (exact) mass is 850 g/mol. The predicted octanol–water partition coefficient (Wildman–Crippen LogP) is 2.63. The molecule has 8 atom stereocenters. The summed E-state index contributed by atoms with van der Waals surface area (Å²) in [5, 5.41) is 46.7. The quantitative estimate of drug-likeness (QED) is 0.0807. The average Bonchev–Trinajstić information content (AvgIpc) is 3.22. The van der Waals surface area contributed by atoms with Crippen molar-refractivity contribution in [3.8, 4) is 0 Å². The fourth-order valence-electron chi connectivity index (χ4n) is 6.31. The number of carbonyl (C=O) groups excluding carboxylic acids is 5. The number of esters is 1. The van der Waals surface area contributed by atoms with Crippen molar-refractivity contribution in [2.75, 3.05) is 13.2 Å². The van der Waals surface area contributed by atoms with Crippen LogP contribution in [0.5, 0.6) is 0 Å². The van der Waals surface area contributed by atoms with Crippen molar-refractivity contribution in [1.29, 1.82) is 0 Å². The lowest BCUT2D eigenvalue weighted by molar-refractivity contribution is -0.154. The number of ether oxygens (including phenoxy) is 3. The largest absolute Gasteiger partial charge is 0.451 e. The van der Waals surface area contributed by atoms with E-state index in [1.807, 2.05) is 0 Å². The summed E-state index contributed by atoms with van der Waals surface area (Å²) in [5.74, 6) is -5.94. The first kappa shape index (κ1) is 50.3. The molecule has 0 spiro atoms. The molecule has 0 aliphatic heterocycles. The lowest BCUT2D eigenvalue weighted by Gasteiger charge is -2.36. The van der Waals surface area contributed by atoms with Crippen LogP contribution < -0.4 is 16.8 Å². The molecule has 3 aromatic rings. The number of nitrogens with two attached hydrogens (primary N) is 2. The van der Waals surface area contributed by atoms with E-state index in [2.05, 4.69) is 5.32 Å². The minimum Gasteiger partial charge on any atom is -0.451 e. The molecule has 3 aromatic carbocycles. The molecule has 0 saturated carbocycles. The molecule has 61 heavy (non-hydrogen) atoms. The van der Waals surface area contributed by atoms with Gasteiger partial charge in [-0.15, -0.1) is 0 Å². The smallest absolute Gasteiger partial charge is 0.417 e. The number of benzene rings is 3. The third-order valence-corrected chi connectivity index (χ3v) is 9.47. The van der Waals surface area contributed by atoms with Crippen molar-refractivity contribution in [2.24, 2.45) is 11.5 Å². The lowest BCUT2D eigenvalue weighted by atomic mass is 9.83. The van der Waals surface area contributed by atoms with Crippen LogP contribution in [-0.4, -0.2) is 122 Å².